The quantitative estimate of drug-likeness (QED) is 0.0270. The molecule has 0 aromatic carbocycles. The van der Waals surface area contributed by atoms with Gasteiger partial charge in [-0.3, -0.25) is 18.6 Å². The van der Waals surface area contributed by atoms with E-state index in [1.54, 1.807) is 0 Å². The monoisotopic (exact) mass is 780 g/mol. The van der Waals surface area contributed by atoms with E-state index in [1.807, 2.05) is 54.7 Å². The Kier molecular flexibility index (Phi) is 38.7. The Labute approximate surface area is 329 Å². The van der Waals surface area contributed by atoms with Crippen molar-refractivity contribution in [2.45, 2.75) is 180 Å². The minimum Gasteiger partial charge on any atom is -0.462 e. The number of phosphoric acid groups is 1. The van der Waals surface area contributed by atoms with Gasteiger partial charge in [0, 0.05) is 19.4 Å². The minimum atomic E-state index is -4.39. The van der Waals surface area contributed by atoms with Gasteiger partial charge in [-0.05, 0) is 25.7 Å². The van der Waals surface area contributed by atoms with Crippen LogP contribution in [-0.4, -0.2) is 49.3 Å². The van der Waals surface area contributed by atoms with Crippen molar-refractivity contribution in [2.24, 2.45) is 5.73 Å². The predicted molar refractivity (Wildman–Crippen MR) is 224 cm³/mol. The molecule has 0 aromatic rings. The van der Waals surface area contributed by atoms with Crippen LogP contribution < -0.4 is 5.73 Å². The van der Waals surface area contributed by atoms with Gasteiger partial charge in [0.1, 0.15) is 6.61 Å². The van der Waals surface area contributed by atoms with Crippen LogP contribution in [0.5, 0.6) is 0 Å². The first kappa shape index (κ1) is 51.7. The molecule has 0 aliphatic carbocycles. The first-order valence-electron chi connectivity index (χ1n) is 21.3. The molecule has 312 valence electrons. The number of hydrogen-bond donors (Lipinski definition) is 2. The van der Waals surface area contributed by atoms with Gasteiger partial charge < -0.3 is 20.1 Å². The van der Waals surface area contributed by atoms with Crippen LogP contribution in [0, 0.1) is 0 Å². The second-order valence-electron chi connectivity index (χ2n) is 14.0. The number of phosphoric ester groups is 1. The summed E-state index contributed by atoms with van der Waals surface area (Å²) in [6.45, 7) is 3.50. The van der Waals surface area contributed by atoms with E-state index in [1.165, 1.54) is 109 Å². The summed E-state index contributed by atoms with van der Waals surface area (Å²) in [5.41, 5.74) is 5.33. The zero-order chi connectivity index (χ0) is 39.6. The summed E-state index contributed by atoms with van der Waals surface area (Å²) in [5, 5.41) is 0. The van der Waals surface area contributed by atoms with E-state index in [4.69, 9.17) is 24.3 Å². The van der Waals surface area contributed by atoms with Crippen LogP contribution in [0.25, 0.3) is 0 Å². The SMILES string of the molecule is CC/C=C/C=C/C=C/C=C/C=C/CCCC(=O)OC(COC(=O)CCCCCCCCCCCCCCCCCCCCCC)COP(=O)(O)OCCN. The maximum atomic E-state index is 12.5. The van der Waals surface area contributed by atoms with Crippen LogP contribution in [-0.2, 0) is 32.7 Å². The molecule has 0 radical (unpaired) electrons. The number of hydrogen-bond acceptors (Lipinski definition) is 8. The van der Waals surface area contributed by atoms with Crippen LogP contribution in [0.1, 0.15) is 174 Å². The fourth-order valence-corrected chi connectivity index (χ4v) is 6.43. The van der Waals surface area contributed by atoms with Crippen molar-refractivity contribution in [3.8, 4) is 0 Å². The van der Waals surface area contributed by atoms with Crippen molar-refractivity contribution >= 4 is 19.8 Å². The molecule has 54 heavy (non-hydrogen) atoms. The number of carbonyl (C=O) groups is 2. The second-order valence-corrected chi connectivity index (χ2v) is 15.4. The lowest BCUT2D eigenvalue weighted by molar-refractivity contribution is -0.161. The second kappa shape index (κ2) is 40.4. The largest absolute Gasteiger partial charge is 0.472 e. The third-order valence-electron chi connectivity index (χ3n) is 8.80. The highest BCUT2D eigenvalue weighted by molar-refractivity contribution is 7.47. The first-order valence-corrected chi connectivity index (χ1v) is 22.8. The van der Waals surface area contributed by atoms with Gasteiger partial charge >= 0.3 is 19.8 Å². The highest BCUT2D eigenvalue weighted by Crippen LogP contribution is 2.43. The Balaban J connectivity index is 4.17. The Hall–Kier alpha value is -2.29. The van der Waals surface area contributed by atoms with E-state index < -0.39 is 32.5 Å². The van der Waals surface area contributed by atoms with E-state index in [9.17, 15) is 19.0 Å². The lowest BCUT2D eigenvalue weighted by atomic mass is 10.0. The normalized spacial score (nSPS) is 13.9. The summed E-state index contributed by atoms with van der Waals surface area (Å²) in [6, 6.07) is 0. The maximum Gasteiger partial charge on any atom is 0.472 e. The number of ether oxygens (including phenoxy) is 2. The molecule has 2 unspecified atom stereocenters. The molecule has 0 rings (SSSR count). The summed E-state index contributed by atoms with van der Waals surface area (Å²) in [7, 11) is -4.39. The van der Waals surface area contributed by atoms with E-state index in [-0.39, 0.29) is 32.6 Å². The van der Waals surface area contributed by atoms with Gasteiger partial charge in [-0.15, -0.1) is 0 Å². The van der Waals surface area contributed by atoms with Crippen molar-refractivity contribution in [1.82, 2.24) is 0 Å². The molecule has 0 amide bonds. The van der Waals surface area contributed by atoms with Crippen LogP contribution in [0.2, 0.25) is 0 Å². The van der Waals surface area contributed by atoms with Crippen molar-refractivity contribution in [1.29, 1.82) is 0 Å². The van der Waals surface area contributed by atoms with E-state index >= 15 is 0 Å². The number of allylic oxidation sites excluding steroid dienone is 10. The van der Waals surface area contributed by atoms with Crippen molar-refractivity contribution < 1.29 is 37.6 Å². The maximum absolute atomic E-state index is 12.5. The molecule has 0 saturated carbocycles. The van der Waals surface area contributed by atoms with Gasteiger partial charge in [0.05, 0.1) is 13.2 Å². The van der Waals surface area contributed by atoms with Crippen molar-refractivity contribution in [3.05, 3.63) is 60.8 Å². The predicted octanol–water partition coefficient (Wildman–Crippen LogP) is 12.1. The number of rotatable bonds is 39. The highest BCUT2D eigenvalue weighted by Gasteiger charge is 2.25. The zero-order valence-electron chi connectivity index (χ0n) is 34.2. The van der Waals surface area contributed by atoms with Gasteiger partial charge in [0.15, 0.2) is 6.10 Å². The molecule has 3 N–H and O–H groups in total. The van der Waals surface area contributed by atoms with Crippen LogP contribution in [0.15, 0.2) is 60.8 Å². The van der Waals surface area contributed by atoms with Gasteiger partial charge in [0.25, 0.3) is 0 Å². The molecule has 0 aliphatic rings. The fourth-order valence-electron chi connectivity index (χ4n) is 5.66. The Morgan fingerprint density at radius 3 is 1.50 bits per heavy atom. The summed E-state index contributed by atoms with van der Waals surface area (Å²) in [6.07, 6.45) is 47.0. The smallest absolute Gasteiger partial charge is 0.462 e. The number of unbranched alkanes of at least 4 members (excludes halogenated alkanes) is 20. The van der Waals surface area contributed by atoms with Crippen LogP contribution in [0.3, 0.4) is 0 Å². The topological polar surface area (TPSA) is 134 Å². The van der Waals surface area contributed by atoms with E-state index in [0.717, 1.165) is 25.7 Å². The molecular weight excluding hydrogens is 701 g/mol. The van der Waals surface area contributed by atoms with E-state index in [2.05, 4.69) is 19.9 Å². The Morgan fingerprint density at radius 2 is 1.02 bits per heavy atom. The van der Waals surface area contributed by atoms with Crippen LogP contribution >= 0.6 is 7.82 Å². The zero-order valence-corrected chi connectivity index (χ0v) is 35.1. The lowest BCUT2D eigenvalue weighted by Crippen LogP contribution is -2.29. The summed E-state index contributed by atoms with van der Waals surface area (Å²) in [5.74, 6) is -0.914. The number of nitrogens with two attached hydrogens (primary N) is 1. The van der Waals surface area contributed by atoms with Crippen molar-refractivity contribution in [2.75, 3.05) is 26.4 Å². The molecule has 0 spiro atoms. The lowest BCUT2D eigenvalue weighted by Gasteiger charge is -2.19. The summed E-state index contributed by atoms with van der Waals surface area (Å²) < 4.78 is 32.6. The average Bonchev–Trinajstić information content (AvgIpc) is 3.16. The van der Waals surface area contributed by atoms with E-state index in [0.29, 0.717) is 12.8 Å². The molecule has 0 saturated heterocycles. The minimum absolute atomic E-state index is 0.0403. The third-order valence-corrected chi connectivity index (χ3v) is 9.78. The first-order chi connectivity index (χ1) is 26.3. The molecule has 0 bridgehead atoms. The number of carbonyl (C=O) groups excluding carboxylic acids is 2. The van der Waals surface area contributed by atoms with Gasteiger partial charge in [-0.1, -0.05) is 197 Å². The molecule has 10 heteroatoms. The molecule has 9 nitrogen and oxygen atoms in total. The average molecular weight is 780 g/mol. The Bertz CT molecular complexity index is 1070. The van der Waals surface area contributed by atoms with Crippen molar-refractivity contribution in [3.63, 3.8) is 0 Å². The number of esters is 2. The summed E-state index contributed by atoms with van der Waals surface area (Å²) >= 11 is 0. The molecule has 0 heterocycles. The van der Waals surface area contributed by atoms with Gasteiger partial charge in [0.2, 0.25) is 0 Å². The molecule has 2 atom stereocenters. The van der Waals surface area contributed by atoms with Gasteiger partial charge in [-0.25, -0.2) is 4.57 Å². The third kappa shape index (κ3) is 39.4. The standard InChI is InChI=1S/C44H78NO8P/c1-3-5-7-9-11-13-15-17-18-19-20-21-22-23-25-26-28-30-32-34-36-43(46)50-40-42(41-52-54(48,49)51-39-38-45)53-44(47)37-35-33-31-29-27-24-16-14-12-10-8-6-4-2/h6,8,10,12,14,16,24,27,29,31,42H,3-5,7,9,11,13,15,17-23,25-26,28,30,32-41,45H2,1-2H3,(H,48,49)/b8-6+,12-10+,16-14+,27-24+,31-29+. The fraction of sp³-hybridized carbons (Fsp3) is 0.727. The molecule has 0 aromatic heterocycles. The molecule has 0 fully saturated rings. The summed E-state index contributed by atoms with van der Waals surface area (Å²) in [4.78, 5) is 34.8. The Morgan fingerprint density at radius 1 is 0.574 bits per heavy atom. The molecular formula is C44H78NO8P. The highest BCUT2D eigenvalue weighted by atomic mass is 31.2. The molecule has 0 aliphatic heterocycles. The van der Waals surface area contributed by atoms with Crippen LogP contribution in [0.4, 0.5) is 0 Å². The van der Waals surface area contributed by atoms with Gasteiger partial charge in [-0.2, -0.15) is 0 Å².